The Balaban J connectivity index is 1.62. The number of carbonyl (C=O) groups is 1. The minimum atomic E-state index is -0.916. The van der Waals surface area contributed by atoms with Crippen LogP contribution in [0, 0.1) is 6.92 Å². The number of allylic oxidation sites excluding steroid dienone is 2. The van der Waals surface area contributed by atoms with Crippen molar-refractivity contribution in [2.75, 3.05) is 18.9 Å². The zero-order valence-corrected chi connectivity index (χ0v) is 15.7. The van der Waals surface area contributed by atoms with Gasteiger partial charge in [-0.25, -0.2) is 4.79 Å². The topological polar surface area (TPSA) is 52.6 Å². The number of hydrogen-bond donors (Lipinski definition) is 2. The minimum Gasteiger partial charge on any atom is -0.478 e. The predicted octanol–water partition coefficient (Wildman–Crippen LogP) is 4.85. The van der Waals surface area contributed by atoms with Crippen molar-refractivity contribution in [1.29, 1.82) is 0 Å². The van der Waals surface area contributed by atoms with Gasteiger partial charge in [-0.15, -0.1) is 0 Å². The molecule has 1 heterocycles. The normalized spacial score (nSPS) is 16.6. The highest BCUT2D eigenvalue weighted by atomic mass is 16.4. The molecule has 1 aliphatic carbocycles. The fourth-order valence-electron chi connectivity index (χ4n) is 3.67. The first-order chi connectivity index (χ1) is 13.0. The van der Waals surface area contributed by atoms with E-state index in [1.807, 2.05) is 19.1 Å². The minimum absolute atomic E-state index is 0.299. The van der Waals surface area contributed by atoms with Gasteiger partial charge in [0.1, 0.15) is 0 Å². The maximum Gasteiger partial charge on any atom is 0.337 e. The SMILES string of the molecule is Cc1ccc(NC2=CC=C(c3ccccc3C3CC3)N(C)C2)c(C(=O)O)c1. The molecule has 0 atom stereocenters. The number of likely N-dealkylation sites (N-methyl/N-ethyl adjacent to an activating group) is 1. The molecule has 138 valence electrons. The van der Waals surface area contributed by atoms with Crippen molar-refractivity contribution in [2.45, 2.75) is 25.7 Å². The van der Waals surface area contributed by atoms with Crippen LogP contribution in [0.1, 0.15) is 45.8 Å². The Labute approximate surface area is 159 Å². The molecule has 0 amide bonds. The number of benzene rings is 2. The maximum atomic E-state index is 11.5. The third kappa shape index (κ3) is 3.61. The highest BCUT2D eigenvalue weighted by Gasteiger charge is 2.27. The van der Waals surface area contributed by atoms with Crippen molar-refractivity contribution in [1.82, 2.24) is 4.90 Å². The largest absolute Gasteiger partial charge is 0.478 e. The standard InChI is InChI=1S/C23H24N2O2/c1-15-7-11-21(20(13-15)23(26)27)24-17-10-12-22(25(2)14-17)19-6-4-3-5-18(19)16-8-9-16/h3-7,10-13,16,24H,8-9,14H2,1-2H3,(H,26,27). The second kappa shape index (κ2) is 6.95. The molecule has 1 saturated carbocycles. The maximum absolute atomic E-state index is 11.5. The van der Waals surface area contributed by atoms with Crippen molar-refractivity contribution in [3.63, 3.8) is 0 Å². The van der Waals surface area contributed by atoms with E-state index in [9.17, 15) is 9.90 Å². The van der Waals surface area contributed by atoms with Crippen LogP contribution in [0.5, 0.6) is 0 Å². The van der Waals surface area contributed by atoms with Crippen LogP contribution in [0.25, 0.3) is 5.70 Å². The van der Waals surface area contributed by atoms with Crippen molar-refractivity contribution < 1.29 is 9.90 Å². The molecule has 27 heavy (non-hydrogen) atoms. The van der Waals surface area contributed by atoms with Gasteiger partial charge in [0.25, 0.3) is 0 Å². The molecule has 1 fully saturated rings. The Kier molecular flexibility index (Phi) is 4.48. The van der Waals surface area contributed by atoms with Crippen LogP contribution in [0.15, 0.2) is 60.3 Å². The van der Waals surface area contributed by atoms with Crippen molar-refractivity contribution in [3.8, 4) is 0 Å². The van der Waals surface area contributed by atoms with Crippen molar-refractivity contribution >= 4 is 17.4 Å². The third-order valence-electron chi connectivity index (χ3n) is 5.22. The first-order valence-electron chi connectivity index (χ1n) is 9.35. The summed E-state index contributed by atoms with van der Waals surface area (Å²) < 4.78 is 0. The molecule has 4 nitrogen and oxygen atoms in total. The molecule has 0 radical (unpaired) electrons. The number of rotatable bonds is 5. The van der Waals surface area contributed by atoms with E-state index in [1.165, 1.54) is 29.7 Å². The highest BCUT2D eigenvalue weighted by molar-refractivity contribution is 5.94. The summed E-state index contributed by atoms with van der Waals surface area (Å²) in [5.74, 6) is -0.217. The average molecular weight is 360 g/mol. The molecule has 0 spiro atoms. The lowest BCUT2D eigenvalue weighted by atomic mass is 9.98. The first kappa shape index (κ1) is 17.4. The van der Waals surface area contributed by atoms with Gasteiger partial charge in [-0.2, -0.15) is 0 Å². The van der Waals surface area contributed by atoms with Crippen molar-refractivity contribution in [2.24, 2.45) is 0 Å². The molecule has 2 aromatic rings. The molecule has 4 rings (SSSR count). The van der Waals surface area contributed by atoms with Gasteiger partial charge in [-0.05, 0) is 55.5 Å². The Morgan fingerprint density at radius 2 is 1.93 bits per heavy atom. The molecule has 0 saturated heterocycles. The van der Waals surface area contributed by atoms with Crippen LogP contribution in [0.3, 0.4) is 0 Å². The van der Waals surface area contributed by atoms with E-state index >= 15 is 0 Å². The molecule has 0 unspecified atom stereocenters. The molecule has 0 bridgehead atoms. The number of aromatic carboxylic acids is 1. The van der Waals surface area contributed by atoms with Crippen LogP contribution in [0.2, 0.25) is 0 Å². The summed E-state index contributed by atoms with van der Waals surface area (Å²) in [5, 5.41) is 12.8. The van der Waals surface area contributed by atoms with E-state index in [2.05, 4.69) is 53.7 Å². The molecule has 1 aliphatic heterocycles. The highest BCUT2D eigenvalue weighted by Crippen LogP contribution is 2.43. The number of nitrogens with zero attached hydrogens (tertiary/aromatic N) is 1. The molecule has 2 aliphatic rings. The smallest absolute Gasteiger partial charge is 0.337 e. The molecule has 2 aromatic carbocycles. The van der Waals surface area contributed by atoms with Gasteiger partial charge < -0.3 is 15.3 Å². The van der Waals surface area contributed by atoms with E-state index in [4.69, 9.17) is 0 Å². The molecular weight excluding hydrogens is 336 g/mol. The van der Waals surface area contributed by atoms with Crippen molar-refractivity contribution in [3.05, 3.63) is 82.6 Å². The predicted molar refractivity (Wildman–Crippen MR) is 109 cm³/mol. The van der Waals surface area contributed by atoms with Crippen LogP contribution >= 0.6 is 0 Å². The number of carboxylic acids is 1. The summed E-state index contributed by atoms with van der Waals surface area (Å²) >= 11 is 0. The van der Waals surface area contributed by atoms with Gasteiger partial charge in [0.2, 0.25) is 0 Å². The lowest BCUT2D eigenvalue weighted by molar-refractivity contribution is 0.0698. The fourth-order valence-corrected chi connectivity index (χ4v) is 3.67. The fraction of sp³-hybridized carbons (Fsp3) is 0.261. The van der Waals surface area contributed by atoms with Gasteiger partial charge in [0.15, 0.2) is 0 Å². The summed E-state index contributed by atoms with van der Waals surface area (Å²) in [4.78, 5) is 13.8. The molecule has 0 aromatic heterocycles. The first-order valence-corrected chi connectivity index (χ1v) is 9.35. The van der Waals surface area contributed by atoms with E-state index in [0.29, 0.717) is 23.7 Å². The lowest BCUT2D eigenvalue weighted by Gasteiger charge is -2.29. The van der Waals surface area contributed by atoms with Gasteiger partial charge >= 0.3 is 5.97 Å². The summed E-state index contributed by atoms with van der Waals surface area (Å²) in [7, 11) is 2.08. The summed E-state index contributed by atoms with van der Waals surface area (Å²) in [6, 6.07) is 14.1. The number of carboxylic acid groups (broad SMARTS) is 1. The lowest BCUT2D eigenvalue weighted by Crippen LogP contribution is -2.26. The second-order valence-corrected chi connectivity index (χ2v) is 7.44. The Hall–Kier alpha value is -3.01. The van der Waals surface area contributed by atoms with E-state index in [1.54, 1.807) is 6.07 Å². The number of nitrogens with one attached hydrogen (secondary N) is 1. The van der Waals surface area contributed by atoms with Crippen LogP contribution in [0.4, 0.5) is 5.69 Å². The monoisotopic (exact) mass is 360 g/mol. The second-order valence-electron chi connectivity index (χ2n) is 7.44. The van der Waals surface area contributed by atoms with Gasteiger partial charge in [0, 0.05) is 24.0 Å². The van der Waals surface area contributed by atoms with E-state index in [-0.39, 0.29) is 0 Å². The zero-order chi connectivity index (χ0) is 19.0. The zero-order valence-electron chi connectivity index (χ0n) is 15.7. The third-order valence-corrected chi connectivity index (χ3v) is 5.22. The van der Waals surface area contributed by atoms with Gasteiger partial charge in [-0.3, -0.25) is 0 Å². The summed E-state index contributed by atoms with van der Waals surface area (Å²) in [6.45, 7) is 2.61. The number of aryl methyl sites for hydroxylation is 1. The summed E-state index contributed by atoms with van der Waals surface area (Å²) in [6.07, 6.45) is 6.75. The average Bonchev–Trinajstić information content (AvgIpc) is 3.48. The van der Waals surface area contributed by atoms with Crippen LogP contribution < -0.4 is 5.32 Å². The van der Waals surface area contributed by atoms with Gasteiger partial charge in [0.05, 0.1) is 17.8 Å². The Morgan fingerprint density at radius 3 is 2.63 bits per heavy atom. The Morgan fingerprint density at radius 1 is 1.15 bits per heavy atom. The van der Waals surface area contributed by atoms with Crippen LogP contribution in [-0.2, 0) is 0 Å². The molecule has 4 heteroatoms. The number of hydrogen-bond acceptors (Lipinski definition) is 3. The number of anilines is 1. The molecule has 2 N–H and O–H groups in total. The van der Waals surface area contributed by atoms with Crippen LogP contribution in [-0.4, -0.2) is 29.6 Å². The van der Waals surface area contributed by atoms with Gasteiger partial charge in [-0.1, -0.05) is 35.9 Å². The Bertz CT molecular complexity index is 955. The summed E-state index contributed by atoms with van der Waals surface area (Å²) in [5.41, 5.74) is 6.80. The molecular formula is C23H24N2O2. The quantitative estimate of drug-likeness (QED) is 0.800. The van der Waals surface area contributed by atoms with E-state index in [0.717, 1.165) is 11.3 Å². The van der Waals surface area contributed by atoms with E-state index < -0.39 is 5.97 Å².